The Hall–Kier alpha value is -2.82. The van der Waals surface area contributed by atoms with Crippen molar-refractivity contribution in [1.82, 2.24) is 4.90 Å². The molecule has 0 N–H and O–H groups in total. The number of carbonyl (C=O) groups is 2. The molecule has 0 saturated carbocycles. The number of benzene rings is 2. The number of hydrogen-bond acceptors (Lipinski definition) is 4. The third-order valence-corrected chi connectivity index (χ3v) is 4.20. The van der Waals surface area contributed by atoms with E-state index in [0.29, 0.717) is 24.3 Å². The maximum absolute atomic E-state index is 12.5. The Morgan fingerprint density at radius 3 is 2.74 bits per heavy atom. The molecule has 5 heteroatoms. The topological polar surface area (TPSA) is 55.8 Å². The van der Waals surface area contributed by atoms with E-state index in [1.807, 2.05) is 36.4 Å². The van der Waals surface area contributed by atoms with Gasteiger partial charge in [0, 0.05) is 12.1 Å². The lowest BCUT2D eigenvalue weighted by Gasteiger charge is -2.26. The van der Waals surface area contributed by atoms with Gasteiger partial charge in [-0.2, -0.15) is 0 Å². The molecule has 0 unspecified atom stereocenters. The van der Waals surface area contributed by atoms with Gasteiger partial charge < -0.3 is 9.47 Å². The van der Waals surface area contributed by atoms with Crippen LogP contribution in [-0.4, -0.2) is 30.1 Å². The molecule has 0 aliphatic carbocycles. The van der Waals surface area contributed by atoms with Crippen LogP contribution in [0, 0.1) is 0 Å². The van der Waals surface area contributed by atoms with Crippen LogP contribution >= 0.6 is 0 Å². The van der Waals surface area contributed by atoms with Crippen LogP contribution < -0.4 is 9.47 Å². The van der Waals surface area contributed by atoms with E-state index in [1.165, 1.54) is 4.90 Å². The second kappa shape index (κ2) is 5.43. The number of amides is 2. The average molecular weight is 309 g/mol. The summed E-state index contributed by atoms with van der Waals surface area (Å²) in [6.45, 7) is 0.602. The summed E-state index contributed by atoms with van der Waals surface area (Å²) in [7, 11) is 0. The van der Waals surface area contributed by atoms with Gasteiger partial charge in [0.2, 0.25) is 12.7 Å². The number of carbonyl (C=O) groups excluding carboxylic acids is 2. The summed E-state index contributed by atoms with van der Waals surface area (Å²) < 4.78 is 10.6. The van der Waals surface area contributed by atoms with Gasteiger partial charge in [0.25, 0.3) is 5.91 Å². The smallest absolute Gasteiger partial charge is 0.260 e. The van der Waals surface area contributed by atoms with Gasteiger partial charge in [-0.1, -0.05) is 24.3 Å². The van der Waals surface area contributed by atoms with Crippen LogP contribution in [0.4, 0.5) is 0 Å². The Morgan fingerprint density at radius 2 is 1.83 bits per heavy atom. The fourth-order valence-corrected chi connectivity index (χ4v) is 2.96. The Kier molecular flexibility index (Phi) is 3.26. The summed E-state index contributed by atoms with van der Waals surface area (Å²) in [6, 6.07) is 13.0. The summed E-state index contributed by atoms with van der Waals surface area (Å²) in [5, 5.41) is 0. The Morgan fingerprint density at radius 1 is 1.00 bits per heavy atom. The van der Waals surface area contributed by atoms with Crippen LogP contribution in [0.2, 0.25) is 0 Å². The van der Waals surface area contributed by atoms with Crippen molar-refractivity contribution in [1.29, 1.82) is 0 Å². The van der Waals surface area contributed by atoms with E-state index in [2.05, 4.69) is 0 Å². The Bertz CT molecular complexity index is 799. The SMILES string of the molecule is O=C1Cc2ccccc2C(=O)N1CCc1ccc2c(c1)OCO2. The van der Waals surface area contributed by atoms with Crippen LogP contribution in [-0.2, 0) is 17.6 Å². The molecule has 0 bridgehead atoms. The number of nitrogens with zero attached hydrogens (tertiary/aromatic N) is 1. The van der Waals surface area contributed by atoms with Crippen LogP contribution in [0.3, 0.4) is 0 Å². The van der Waals surface area contributed by atoms with E-state index in [-0.39, 0.29) is 25.0 Å². The van der Waals surface area contributed by atoms with E-state index >= 15 is 0 Å². The lowest BCUT2D eigenvalue weighted by atomic mass is 9.98. The first kappa shape index (κ1) is 13.8. The summed E-state index contributed by atoms with van der Waals surface area (Å²) in [5.41, 5.74) is 2.44. The maximum Gasteiger partial charge on any atom is 0.260 e. The highest BCUT2D eigenvalue weighted by Gasteiger charge is 2.30. The fraction of sp³-hybridized carbons (Fsp3) is 0.222. The van der Waals surface area contributed by atoms with E-state index in [4.69, 9.17) is 9.47 Å². The van der Waals surface area contributed by atoms with Crippen molar-refractivity contribution in [3.63, 3.8) is 0 Å². The Balaban J connectivity index is 1.51. The summed E-state index contributed by atoms with van der Waals surface area (Å²) in [5.74, 6) is 1.09. The fourth-order valence-electron chi connectivity index (χ4n) is 2.96. The van der Waals surface area contributed by atoms with Crippen molar-refractivity contribution in [2.45, 2.75) is 12.8 Å². The first-order valence-corrected chi connectivity index (χ1v) is 7.53. The predicted octanol–water partition coefficient (Wildman–Crippen LogP) is 2.18. The molecule has 5 nitrogen and oxygen atoms in total. The molecule has 2 aromatic carbocycles. The van der Waals surface area contributed by atoms with Gasteiger partial charge in [0.15, 0.2) is 11.5 Å². The van der Waals surface area contributed by atoms with Crippen molar-refractivity contribution < 1.29 is 19.1 Å². The lowest BCUT2D eigenvalue weighted by molar-refractivity contribution is -0.128. The van der Waals surface area contributed by atoms with Crippen molar-refractivity contribution in [3.8, 4) is 11.5 Å². The summed E-state index contributed by atoms with van der Waals surface area (Å²) in [6.07, 6.45) is 0.874. The number of ether oxygens (including phenoxy) is 2. The third kappa shape index (κ3) is 2.44. The summed E-state index contributed by atoms with van der Waals surface area (Å²) in [4.78, 5) is 26.1. The van der Waals surface area contributed by atoms with Crippen LogP contribution in [0.1, 0.15) is 21.5 Å². The van der Waals surface area contributed by atoms with E-state index in [9.17, 15) is 9.59 Å². The van der Waals surface area contributed by atoms with Crippen molar-refractivity contribution >= 4 is 11.8 Å². The van der Waals surface area contributed by atoms with Crippen molar-refractivity contribution in [2.75, 3.05) is 13.3 Å². The molecule has 2 amide bonds. The average Bonchev–Trinajstić information content (AvgIpc) is 3.02. The second-order valence-corrected chi connectivity index (χ2v) is 5.62. The zero-order chi connectivity index (χ0) is 15.8. The van der Waals surface area contributed by atoms with Gasteiger partial charge in [0.1, 0.15) is 0 Å². The Labute approximate surface area is 133 Å². The number of imide groups is 1. The summed E-state index contributed by atoms with van der Waals surface area (Å²) >= 11 is 0. The van der Waals surface area contributed by atoms with Crippen LogP contribution in [0.5, 0.6) is 11.5 Å². The minimum Gasteiger partial charge on any atom is -0.454 e. The molecule has 2 aromatic rings. The first-order valence-electron chi connectivity index (χ1n) is 7.53. The van der Waals surface area contributed by atoms with Crippen molar-refractivity contribution in [3.05, 3.63) is 59.2 Å². The van der Waals surface area contributed by atoms with Gasteiger partial charge in [-0.15, -0.1) is 0 Å². The molecule has 0 spiro atoms. The molecule has 0 aromatic heterocycles. The number of hydrogen-bond donors (Lipinski definition) is 0. The van der Waals surface area contributed by atoms with Gasteiger partial charge in [-0.25, -0.2) is 0 Å². The van der Waals surface area contributed by atoms with Gasteiger partial charge >= 0.3 is 0 Å². The molecule has 0 fully saturated rings. The van der Waals surface area contributed by atoms with E-state index in [1.54, 1.807) is 6.07 Å². The standard InChI is InChI=1S/C18H15NO4/c20-17-10-13-3-1-2-4-14(13)18(21)19(17)8-7-12-5-6-15-16(9-12)23-11-22-15/h1-6,9H,7-8,10-11H2. The molecule has 0 saturated heterocycles. The molecule has 2 heterocycles. The quantitative estimate of drug-likeness (QED) is 0.816. The molecule has 0 atom stereocenters. The normalized spacial score (nSPS) is 15.7. The van der Waals surface area contributed by atoms with E-state index < -0.39 is 0 Å². The molecular formula is C18H15NO4. The van der Waals surface area contributed by atoms with Crippen molar-refractivity contribution in [2.24, 2.45) is 0 Å². The molecule has 0 radical (unpaired) electrons. The van der Waals surface area contributed by atoms with Gasteiger partial charge in [-0.05, 0) is 35.7 Å². The largest absolute Gasteiger partial charge is 0.454 e. The highest BCUT2D eigenvalue weighted by atomic mass is 16.7. The van der Waals surface area contributed by atoms with Crippen LogP contribution in [0.15, 0.2) is 42.5 Å². The molecule has 4 rings (SSSR count). The molecule has 2 aliphatic heterocycles. The van der Waals surface area contributed by atoms with Crippen LogP contribution in [0.25, 0.3) is 0 Å². The zero-order valence-electron chi connectivity index (χ0n) is 12.5. The molecule has 2 aliphatic rings. The molecule has 116 valence electrons. The monoisotopic (exact) mass is 309 g/mol. The maximum atomic E-state index is 12.5. The molecular weight excluding hydrogens is 294 g/mol. The zero-order valence-corrected chi connectivity index (χ0v) is 12.5. The highest BCUT2D eigenvalue weighted by molar-refractivity contribution is 6.09. The number of fused-ring (bicyclic) bond motifs is 2. The predicted molar refractivity (Wildman–Crippen MR) is 82.5 cm³/mol. The second-order valence-electron chi connectivity index (χ2n) is 5.62. The minimum atomic E-state index is -0.211. The third-order valence-electron chi connectivity index (χ3n) is 4.20. The van der Waals surface area contributed by atoms with E-state index in [0.717, 1.165) is 16.9 Å². The highest BCUT2D eigenvalue weighted by Crippen LogP contribution is 2.32. The van der Waals surface area contributed by atoms with Gasteiger partial charge in [0.05, 0.1) is 6.42 Å². The molecule has 23 heavy (non-hydrogen) atoms. The van der Waals surface area contributed by atoms with Gasteiger partial charge in [-0.3, -0.25) is 14.5 Å². The number of rotatable bonds is 3. The first-order chi connectivity index (χ1) is 11.2. The lowest BCUT2D eigenvalue weighted by Crippen LogP contribution is -2.43. The minimum absolute atomic E-state index is 0.144.